The van der Waals surface area contributed by atoms with Crippen molar-refractivity contribution in [2.24, 2.45) is 11.8 Å². The number of ether oxygens (including phenoxy) is 1. The summed E-state index contributed by atoms with van der Waals surface area (Å²) in [5, 5.41) is 5.84. The van der Waals surface area contributed by atoms with Gasteiger partial charge in [-0.05, 0) is 64.2 Å². The van der Waals surface area contributed by atoms with E-state index in [-0.39, 0.29) is 29.5 Å². The van der Waals surface area contributed by atoms with Crippen LogP contribution in [0.25, 0.3) is 0 Å². The Bertz CT molecular complexity index is 1220. The number of aryl methyl sites for hydroxylation is 2. The average Bonchev–Trinajstić information content (AvgIpc) is 3.35. The number of nitrogens with zero attached hydrogens (tertiary/aromatic N) is 2. The Morgan fingerprint density at radius 2 is 1.73 bits per heavy atom. The molecule has 0 bridgehead atoms. The lowest BCUT2D eigenvalue weighted by atomic mass is 9.97. The Kier molecular flexibility index (Phi) is 13.3. The Hall–Kier alpha value is -3.95. The van der Waals surface area contributed by atoms with Gasteiger partial charge in [-0.1, -0.05) is 61.4 Å². The van der Waals surface area contributed by atoms with E-state index in [1.807, 2.05) is 75.4 Å². The van der Waals surface area contributed by atoms with Gasteiger partial charge >= 0.3 is 6.18 Å². The van der Waals surface area contributed by atoms with Crippen molar-refractivity contribution in [2.45, 2.75) is 72.7 Å². The molecule has 2 aromatic carbocycles. The van der Waals surface area contributed by atoms with Crippen LogP contribution < -0.4 is 10.6 Å². The van der Waals surface area contributed by atoms with E-state index in [2.05, 4.69) is 32.3 Å². The molecule has 1 aliphatic carbocycles. The van der Waals surface area contributed by atoms with Gasteiger partial charge in [0.2, 0.25) is 11.9 Å². The van der Waals surface area contributed by atoms with Crippen molar-refractivity contribution in [1.82, 2.24) is 15.3 Å². The van der Waals surface area contributed by atoms with Crippen molar-refractivity contribution in [1.29, 1.82) is 0 Å². The molecule has 1 fully saturated rings. The summed E-state index contributed by atoms with van der Waals surface area (Å²) >= 11 is 0. The standard InChI is InChI=1S/C13H12F3N3.C10H19NO.C8H8O2/c1-8-3-5-10(6-4-8)19-12-17-7-11(9(2)18-12)13(14,15)16;1-7(2)11-10(12)9-6-4-5-8(9)3;9-7-10-6-8-4-2-1-3-5-8/h3-7H,1-2H3,(H,17,18,19);7-9H,4-6H2,1-3H3,(H,11,12);1-5,7H,6H2/t;8-,9?;/m.1./s1. The number of alkyl halides is 3. The third-order valence-corrected chi connectivity index (χ3v) is 6.38. The smallest absolute Gasteiger partial charge is 0.419 e. The van der Waals surface area contributed by atoms with Crippen LogP contribution in [0, 0.1) is 25.7 Å². The molecule has 3 aromatic rings. The van der Waals surface area contributed by atoms with E-state index in [0.717, 1.165) is 29.4 Å². The van der Waals surface area contributed by atoms with Crippen molar-refractivity contribution in [2.75, 3.05) is 5.32 Å². The van der Waals surface area contributed by atoms with Crippen LogP contribution in [0.4, 0.5) is 24.8 Å². The van der Waals surface area contributed by atoms with Gasteiger partial charge < -0.3 is 15.4 Å². The van der Waals surface area contributed by atoms with E-state index in [1.165, 1.54) is 19.8 Å². The average molecular weight is 573 g/mol. The quantitative estimate of drug-likeness (QED) is 0.292. The largest absolute Gasteiger partial charge is 0.463 e. The summed E-state index contributed by atoms with van der Waals surface area (Å²) in [7, 11) is 0. The van der Waals surface area contributed by atoms with Crippen molar-refractivity contribution < 1.29 is 27.5 Å². The maximum absolute atomic E-state index is 12.6. The molecule has 1 amide bonds. The number of hydrogen-bond donors (Lipinski definition) is 2. The zero-order valence-electron chi connectivity index (χ0n) is 24.2. The number of anilines is 2. The fourth-order valence-electron chi connectivity index (χ4n) is 4.20. The molecule has 222 valence electrons. The molecule has 4 rings (SSSR count). The first-order valence-electron chi connectivity index (χ1n) is 13.5. The second kappa shape index (κ2) is 16.3. The lowest BCUT2D eigenvalue weighted by molar-refractivity contribution is -0.138. The van der Waals surface area contributed by atoms with E-state index in [0.29, 0.717) is 19.0 Å². The highest BCUT2D eigenvalue weighted by Crippen LogP contribution is 2.32. The van der Waals surface area contributed by atoms with E-state index < -0.39 is 11.7 Å². The SMILES string of the molecule is CC(C)NC(=O)C1CCC[C@H]1C.Cc1ccc(Nc2ncc(C(F)(F)F)c(C)n2)cc1.O=COCc1ccccc1. The zero-order valence-corrected chi connectivity index (χ0v) is 24.2. The highest BCUT2D eigenvalue weighted by molar-refractivity contribution is 5.79. The van der Waals surface area contributed by atoms with Crippen molar-refractivity contribution >= 4 is 24.0 Å². The number of halogens is 3. The second-order valence-corrected chi connectivity index (χ2v) is 10.3. The van der Waals surface area contributed by atoms with Gasteiger partial charge in [-0.15, -0.1) is 0 Å². The molecule has 1 unspecified atom stereocenters. The monoisotopic (exact) mass is 572 g/mol. The molecule has 2 atom stereocenters. The van der Waals surface area contributed by atoms with Crippen LogP contribution in [-0.2, 0) is 27.1 Å². The summed E-state index contributed by atoms with van der Waals surface area (Å²) in [6.07, 6.45) is -0.113. The predicted octanol–water partition coefficient (Wildman–Crippen LogP) is 7.16. The molecule has 1 heterocycles. The van der Waals surface area contributed by atoms with Crippen LogP contribution in [-0.4, -0.2) is 28.4 Å². The fraction of sp³-hybridized carbons (Fsp3) is 0.419. The number of carbonyl (C=O) groups is 2. The van der Waals surface area contributed by atoms with Gasteiger partial charge in [-0.3, -0.25) is 9.59 Å². The molecular formula is C31H39F3N4O3. The molecule has 2 N–H and O–H groups in total. The molecule has 1 saturated carbocycles. The first-order valence-corrected chi connectivity index (χ1v) is 13.5. The highest BCUT2D eigenvalue weighted by atomic mass is 19.4. The zero-order chi connectivity index (χ0) is 30.4. The van der Waals surface area contributed by atoms with Crippen molar-refractivity contribution in [3.63, 3.8) is 0 Å². The van der Waals surface area contributed by atoms with E-state index >= 15 is 0 Å². The van der Waals surface area contributed by atoms with Gasteiger partial charge in [0.15, 0.2) is 0 Å². The Labute approximate surface area is 239 Å². The van der Waals surface area contributed by atoms with Gasteiger partial charge in [0.05, 0.1) is 11.3 Å². The molecule has 1 aromatic heterocycles. The number of aromatic nitrogens is 2. The summed E-state index contributed by atoms with van der Waals surface area (Å²) in [5.74, 6) is 1.28. The number of rotatable bonds is 7. The molecule has 0 radical (unpaired) electrons. The topological polar surface area (TPSA) is 93.2 Å². The lowest BCUT2D eigenvalue weighted by Crippen LogP contribution is -2.36. The number of amides is 1. The molecule has 0 aliphatic heterocycles. The minimum Gasteiger partial charge on any atom is -0.463 e. The van der Waals surface area contributed by atoms with Crippen molar-refractivity contribution in [3.8, 4) is 0 Å². The fourth-order valence-corrected chi connectivity index (χ4v) is 4.20. The Morgan fingerprint density at radius 1 is 1.07 bits per heavy atom. The van der Waals surface area contributed by atoms with Crippen LogP contribution in [0.15, 0.2) is 60.8 Å². The third kappa shape index (κ3) is 12.0. The van der Waals surface area contributed by atoms with E-state index in [4.69, 9.17) is 0 Å². The predicted molar refractivity (Wildman–Crippen MR) is 153 cm³/mol. The Balaban J connectivity index is 0.000000230. The molecule has 0 saturated heterocycles. The highest BCUT2D eigenvalue weighted by Gasteiger charge is 2.33. The lowest BCUT2D eigenvalue weighted by Gasteiger charge is -2.16. The van der Waals surface area contributed by atoms with Crippen molar-refractivity contribution in [3.05, 3.63) is 83.2 Å². The molecule has 41 heavy (non-hydrogen) atoms. The number of hydrogen-bond acceptors (Lipinski definition) is 6. The molecule has 10 heteroatoms. The number of nitrogens with one attached hydrogen (secondary N) is 2. The van der Waals surface area contributed by atoms with Gasteiger partial charge in [-0.25, -0.2) is 9.97 Å². The van der Waals surface area contributed by atoms with E-state index in [9.17, 15) is 22.8 Å². The maximum atomic E-state index is 12.6. The van der Waals surface area contributed by atoms with Gasteiger partial charge in [0.1, 0.15) is 6.61 Å². The summed E-state index contributed by atoms with van der Waals surface area (Å²) in [4.78, 5) is 28.8. The summed E-state index contributed by atoms with van der Waals surface area (Å²) < 4.78 is 42.2. The normalized spacial score (nSPS) is 16.0. The van der Waals surface area contributed by atoms with Crippen LogP contribution in [0.2, 0.25) is 0 Å². The van der Waals surface area contributed by atoms with Crippen LogP contribution in [0.3, 0.4) is 0 Å². The third-order valence-electron chi connectivity index (χ3n) is 6.38. The summed E-state index contributed by atoms with van der Waals surface area (Å²) in [6.45, 7) is 10.3. The maximum Gasteiger partial charge on any atom is 0.419 e. The Morgan fingerprint density at radius 3 is 2.24 bits per heavy atom. The minimum atomic E-state index is -4.42. The number of benzene rings is 2. The van der Waals surface area contributed by atoms with Crippen LogP contribution >= 0.6 is 0 Å². The van der Waals surface area contributed by atoms with Crippen LogP contribution in [0.5, 0.6) is 0 Å². The molecular weight excluding hydrogens is 533 g/mol. The molecule has 1 aliphatic rings. The second-order valence-electron chi connectivity index (χ2n) is 10.3. The minimum absolute atomic E-state index is 0.0999. The first-order chi connectivity index (χ1) is 19.4. The van der Waals surface area contributed by atoms with Gasteiger partial charge in [0.25, 0.3) is 6.47 Å². The summed E-state index contributed by atoms with van der Waals surface area (Å²) in [6, 6.07) is 17.2. The van der Waals surface area contributed by atoms with Gasteiger partial charge in [-0.2, -0.15) is 13.2 Å². The van der Waals surface area contributed by atoms with Crippen LogP contribution in [0.1, 0.15) is 62.4 Å². The van der Waals surface area contributed by atoms with E-state index in [1.54, 1.807) is 0 Å². The van der Waals surface area contributed by atoms with Gasteiger partial charge in [0, 0.05) is 23.8 Å². The molecule has 0 spiro atoms. The first kappa shape index (κ1) is 33.3. The molecule has 7 nitrogen and oxygen atoms in total. The number of carbonyl (C=O) groups excluding carboxylic acids is 2. The summed E-state index contributed by atoms with van der Waals surface area (Å²) in [5.41, 5.74) is 1.91.